The topological polar surface area (TPSA) is 67.2 Å². The summed E-state index contributed by atoms with van der Waals surface area (Å²) in [5.74, 6) is 0.550. The highest BCUT2D eigenvalue weighted by molar-refractivity contribution is 5.94. The predicted molar refractivity (Wildman–Crippen MR) is 106 cm³/mol. The van der Waals surface area contributed by atoms with E-state index < -0.39 is 0 Å². The summed E-state index contributed by atoms with van der Waals surface area (Å²) in [4.78, 5) is 26.5. The van der Waals surface area contributed by atoms with Crippen molar-refractivity contribution in [2.45, 2.75) is 78.6 Å². The number of amides is 2. The second-order valence-electron chi connectivity index (χ2n) is 7.96. The Morgan fingerprint density at radius 2 is 1.85 bits per heavy atom. The van der Waals surface area contributed by atoms with E-state index in [0.717, 1.165) is 37.8 Å². The maximum atomic E-state index is 12.4. The second kappa shape index (κ2) is 10.3. The van der Waals surface area contributed by atoms with Crippen molar-refractivity contribution >= 4 is 17.6 Å². The first-order valence-corrected chi connectivity index (χ1v) is 9.81. The summed E-state index contributed by atoms with van der Waals surface area (Å²) >= 11 is 0. The highest BCUT2D eigenvalue weighted by atomic mass is 16.2. The van der Waals surface area contributed by atoms with Crippen molar-refractivity contribution < 1.29 is 9.59 Å². The molecule has 2 amide bonds. The number of carbonyl (C=O) groups is 2. The van der Waals surface area contributed by atoms with E-state index in [1.165, 1.54) is 0 Å². The van der Waals surface area contributed by atoms with Crippen LogP contribution in [0.2, 0.25) is 0 Å². The first-order valence-electron chi connectivity index (χ1n) is 9.81. The standard InChI is InChI=1S/C20H36N4O2/c1-7-9-10-11-12-19(26)24(13-8-2)15-18(25)21-17-14-16(20(3,4)5)22-23(17)6/h14H,7-13,15H2,1-6H3,(H,21,25). The van der Waals surface area contributed by atoms with Gasteiger partial charge >= 0.3 is 0 Å². The smallest absolute Gasteiger partial charge is 0.245 e. The fourth-order valence-corrected chi connectivity index (χ4v) is 2.73. The van der Waals surface area contributed by atoms with Gasteiger partial charge in [-0.15, -0.1) is 0 Å². The van der Waals surface area contributed by atoms with E-state index >= 15 is 0 Å². The average molecular weight is 365 g/mol. The number of unbranched alkanes of at least 4 members (excludes halogenated alkanes) is 3. The Morgan fingerprint density at radius 1 is 1.15 bits per heavy atom. The van der Waals surface area contributed by atoms with E-state index in [4.69, 9.17) is 0 Å². The van der Waals surface area contributed by atoms with Gasteiger partial charge in [-0.2, -0.15) is 5.10 Å². The minimum absolute atomic E-state index is 0.0680. The summed E-state index contributed by atoms with van der Waals surface area (Å²) in [6.07, 6.45) is 5.62. The van der Waals surface area contributed by atoms with Crippen molar-refractivity contribution in [3.05, 3.63) is 11.8 Å². The number of aryl methyl sites for hydroxylation is 1. The maximum absolute atomic E-state index is 12.4. The molecule has 6 nitrogen and oxygen atoms in total. The molecule has 1 N–H and O–H groups in total. The van der Waals surface area contributed by atoms with E-state index in [9.17, 15) is 9.59 Å². The lowest BCUT2D eigenvalue weighted by Crippen LogP contribution is -2.38. The molecule has 0 fully saturated rings. The molecule has 1 heterocycles. The van der Waals surface area contributed by atoms with Gasteiger partial charge < -0.3 is 10.2 Å². The molecule has 0 spiro atoms. The van der Waals surface area contributed by atoms with Crippen molar-refractivity contribution in [2.24, 2.45) is 7.05 Å². The monoisotopic (exact) mass is 364 g/mol. The van der Waals surface area contributed by atoms with Crippen molar-refractivity contribution in [1.29, 1.82) is 0 Å². The third-order valence-electron chi connectivity index (χ3n) is 4.34. The van der Waals surface area contributed by atoms with Gasteiger partial charge in [0.15, 0.2) is 0 Å². The summed E-state index contributed by atoms with van der Waals surface area (Å²) in [6, 6.07) is 1.90. The Kier molecular flexibility index (Phi) is 8.82. The fraction of sp³-hybridized carbons (Fsp3) is 0.750. The minimum Gasteiger partial charge on any atom is -0.333 e. The number of anilines is 1. The SMILES string of the molecule is CCCCCCC(=O)N(CCC)CC(=O)Nc1cc(C(C)(C)C)nn1C. The Morgan fingerprint density at radius 3 is 2.38 bits per heavy atom. The van der Waals surface area contributed by atoms with E-state index in [1.54, 1.807) is 9.58 Å². The molecule has 0 bridgehead atoms. The van der Waals surface area contributed by atoms with E-state index in [2.05, 4.69) is 38.1 Å². The molecule has 0 unspecified atom stereocenters. The van der Waals surface area contributed by atoms with Crippen LogP contribution in [0.15, 0.2) is 6.07 Å². The van der Waals surface area contributed by atoms with E-state index in [1.807, 2.05) is 20.0 Å². The Labute approximate surface area is 158 Å². The van der Waals surface area contributed by atoms with Crippen LogP contribution in [0.25, 0.3) is 0 Å². The zero-order valence-electron chi connectivity index (χ0n) is 17.4. The first kappa shape index (κ1) is 22.2. The van der Waals surface area contributed by atoms with Crippen LogP contribution >= 0.6 is 0 Å². The first-order chi connectivity index (χ1) is 12.2. The zero-order chi connectivity index (χ0) is 19.7. The molecule has 1 aromatic heterocycles. The van der Waals surface area contributed by atoms with Crippen LogP contribution in [0, 0.1) is 0 Å². The van der Waals surface area contributed by atoms with Crippen LogP contribution in [-0.2, 0) is 22.1 Å². The molecular formula is C20H36N4O2. The third kappa shape index (κ3) is 7.18. The van der Waals surface area contributed by atoms with Gasteiger partial charge in [-0.3, -0.25) is 14.3 Å². The Bertz CT molecular complexity index is 587. The van der Waals surface area contributed by atoms with Crippen LogP contribution < -0.4 is 5.32 Å². The number of nitrogens with zero attached hydrogens (tertiary/aromatic N) is 3. The lowest BCUT2D eigenvalue weighted by atomic mass is 9.92. The summed E-state index contributed by atoms with van der Waals surface area (Å²) in [7, 11) is 1.81. The highest BCUT2D eigenvalue weighted by Gasteiger charge is 2.21. The molecule has 0 saturated carbocycles. The van der Waals surface area contributed by atoms with Crippen LogP contribution in [0.1, 0.15) is 78.8 Å². The van der Waals surface area contributed by atoms with E-state index in [-0.39, 0.29) is 23.8 Å². The summed E-state index contributed by atoms with van der Waals surface area (Å²) in [5.41, 5.74) is 0.844. The second-order valence-corrected chi connectivity index (χ2v) is 7.96. The molecule has 0 radical (unpaired) electrons. The molecule has 0 atom stereocenters. The maximum Gasteiger partial charge on any atom is 0.245 e. The molecular weight excluding hydrogens is 328 g/mol. The number of rotatable bonds is 10. The van der Waals surface area contributed by atoms with Crippen LogP contribution in [0.5, 0.6) is 0 Å². The minimum atomic E-state index is -0.177. The molecule has 0 aliphatic heterocycles. The van der Waals surface area contributed by atoms with Crippen molar-refractivity contribution in [3.63, 3.8) is 0 Å². The van der Waals surface area contributed by atoms with Crippen molar-refractivity contribution in [1.82, 2.24) is 14.7 Å². The van der Waals surface area contributed by atoms with Gasteiger partial charge in [0, 0.05) is 31.5 Å². The van der Waals surface area contributed by atoms with Gasteiger partial charge in [0.2, 0.25) is 11.8 Å². The van der Waals surface area contributed by atoms with Crippen LogP contribution in [0.4, 0.5) is 5.82 Å². The lowest BCUT2D eigenvalue weighted by molar-refractivity contribution is -0.134. The van der Waals surface area contributed by atoms with Crippen molar-refractivity contribution in [3.8, 4) is 0 Å². The van der Waals surface area contributed by atoms with Gasteiger partial charge in [0.1, 0.15) is 5.82 Å². The fourth-order valence-electron chi connectivity index (χ4n) is 2.73. The molecule has 26 heavy (non-hydrogen) atoms. The predicted octanol–water partition coefficient (Wildman–Crippen LogP) is 3.87. The summed E-state index contributed by atoms with van der Waals surface area (Å²) in [6.45, 7) is 11.1. The van der Waals surface area contributed by atoms with Gasteiger partial charge in [0.05, 0.1) is 12.2 Å². The normalized spacial score (nSPS) is 11.5. The Balaban J connectivity index is 2.64. The molecule has 0 aromatic carbocycles. The number of nitrogens with one attached hydrogen (secondary N) is 1. The molecule has 1 aromatic rings. The molecule has 0 aliphatic carbocycles. The summed E-state index contributed by atoms with van der Waals surface area (Å²) in [5, 5.41) is 7.36. The average Bonchev–Trinajstić information content (AvgIpc) is 2.92. The van der Waals surface area contributed by atoms with Crippen LogP contribution in [0.3, 0.4) is 0 Å². The van der Waals surface area contributed by atoms with E-state index in [0.29, 0.717) is 18.8 Å². The van der Waals surface area contributed by atoms with Gasteiger partial charge in [-0.1, -0.05) is 53.9 Å². The van der Waals surface area contributed by atoms with Crippen LogP contribution in [-0.4, -0.2) is 39.6 Å². The highest BCUT2D eigenvalue weighted by Crippen LogP contribution is 2.23. The molecule has 0 saturated heterocycles. The van der Waals surface area contributed by atoms with Gasteiger partial charge in [-0.05, 0) is 12.8 Å². The summed E-state index contributed by atoms with van der Waals surface area (Å²) < 4.78 is 1.68. The zero-order valence-corrected chi connectivity index (χ0v) is 17.4. The number of hydrogen-bond donors (Lipinski definition) is 1. The number of hydrogen-bond acceptors (Lipinski definition) is 3. The van der Waals surface area contributed by atoms with Gasteiger partial charge in [0.25, 0.3) is 0 Å². The lowest BCUT2D eigenvalue weighted by Gasteiger charge is -2.21. The van der Waals surface area contributed by atoms with Crippen molar-refractivity contribution in [2.75, 3.05) is 18.4 Å². The third-order valence-corrected chi connectivity index (χ3v) is 4.34. The largest absolute Gasteiger partial charge is 0.333 e. The molecule has 6 heteroatoms. The quantitative estimate of drug-likeness (QED) is 0.641. The Hall–Kier alpha value is -1.85. The number of carbonyl (C=O) groups excluding carboxylic acids is 2. The molecule has 1 rings (SSSR count). The number of aromatic nitrogens is 2. The molecule has 0 aliphatic rings. The molecule has 148 valence electrons. The van der Waals surface area contributed by atoms with Gasteiger partial charge in [-0.25, -0.2) is 0 Å².